The van der Waals surface area contributed by atoms with Gasteiger partial charge in [-0.3, -0.25) is 9.59 Å². The lowest BCUT2D eigenvalue weighted by Crippen LogP contribution is -2.54. The molecule has 3 rings (SSSR count). The largest absolute Gasteiger partial charge is 0.508 e. The van der Waals surface area contributed by atoms with Crippen molar-refractivity contribution in [3.63, 3.8) is 0 Å². The third-order valence-electron chi connectivity index (χ3n) is 7.17. The number of hydrogen-bond acceptors (Lipinski definition) is 9. The Hall–Kier alpha value is -4.55. The van der Waals surface area contributed by atoms with E-state index in [2.05, 4.69) is 29.1 Å². The van der Waals surface area contributed by atoms with Gasteiger partial charge in [0.15, 0.2) is 0 Å². The lowest BCUT2D eigenvalue weighted by Gasteiger charge is -2.28. The van der Waals surface area contributed by atoms with E-state index in [1.165, 1.54) is 12.1 Å². The van der Waals surface area contributed by atoms with E-state index >= 15 is 0 Å². The van der Waals surface area contributed by atoms with Gasteiger partial charge in [-0.1, -0.05) is 25.3 Å². The Morgan fingerprint density at radius 2 is 1.64 bits per heavy atom. The maximum atomic E-state index is 13.6. The number of rotatable bonds is 9. The zero-order valence-corrected chi connectivity index (χ0v) is 23.4. The second kappa shape index (κ2) is 14.4. The molecular formula is C30H40N6O6. The Kier molecular flexibility index (Phi) is 10.9. The van der Waals surface area contributed by atoms with Crippen LogP contribution >= 0.6 is 0 Å². The molecule has 1 aliphatic rings. The molecule has 2 aromatic carbocycles. The SMILES string of the molecule is C=C(N)CC[C@H](NC(=O)[C@@H]1Cc2cc(ccc2O)-c2ccc(O)c(c2)C[C@H](N)C(=O)N[C@@H](CCCN)C(=C)N1)C(=O)O. The van der Waals surface area contributed by atoms with Gasteiger partial charge in [-0.2, -0.15) is 0 Å². The Morgan fingerprint density at radius 3 is 2.19 bits per heavy atom. The number of aliphatic carboxylic acids is 1. The molecule has 0 radical (unpaired) electrons. The molecule has 0 saturated heterocycles. The zero-order chi connectivity index (χ0) is 31.0. The first-order valence-electron chi connectivity index (χ1n) is 13.7. The first kappa shape index (κ1) is 32.0. The lowest BCUT2D eigenvalue weighted by atomic mass is 9.95. The van der Waals surface area contributed by atoms with Gasteiger partial charge in [0.25, 0.3) is 0 Å². The minimum absolute atomic E-state index is 0.0148. The second-order valence-corrected chi connectivity index (χ2v) is 10.5. The van der Waals surface area contributed by atoms with Crippen molar-refractivity contribution in [3.05, 3.63) is 72.1 Å². The molecule has 0 aliphatic carbocycles. The Labute approximate surface area is 244 Å². The standard InChI is InChI=1S/C30H40N6O6/c1-16(32)5-8-24(30(41)42)36-29(40)25-15-21-13-19(7-10-27(21)38)18-6-9-26(37)20(12-18)14-22(33)28(39)35-23(4-3-11-31)17(2)34-25/h6-7,9-10,12-13,22-25,34,37-38H,1-5,8,11,14-15,31-33H2,(H,35,39)(H,36,40)(H,41,42)/t22-,23-,24-,25-/m0/s1. The number of carboxylic acid groups (broad SMARTS) is 1. The van der Waals surface area contributed by atoms with Crippen molar-refractivity contribution >= 4 is 17.8 Å². The predicted molar refractivity (Wildman–Crippen MR) is 159 cm³/mol. The van der Waals surface area contributed by atoms with E-state index in [0.717, 1.165) is 0 Å². The van der Waals surface area contributed by atoms with Crippen LogP contribution in [0.2, 0.25) is 0 Å². The van der Waals surface area contributed by atoms with Gasteiger partial charge in [-0.05, 0) is 78.7 Å². The van der Waals surface area contributed by atoms with Crippen LogP contribution in [0.25, 0.3) is 11.1 Å². The highest BCUT2D eigenvalue weighted by Crippen LogP contribution is 2.31. The molecule has 0 fully saturated rings. The summed E-state index contributed by atoms with van der Waals surface area (Å²) in [7, 11) is 0. The number of phenolic OH excluding ortho intramolecular Hbond substituents is 2. The molecule has 0 saturated carbocycles. The summed E-state index contributed by atoms with van der Waals surface area (Å²) in [5, 5.41) is 39.4. The maximum absolute atomic E-state index is 13.6. The van der Waals surface area contributed by atoms with Crippen molar-refractivity contribution < 1.29 is 29.7 Å². The van der Waals surface area contributed by atoms with Crippen molar-refractivity contribution in [2.24, 2.45) is 17.2 Å². The minimum Gasteiger partial charge on any atom is -0.508 e. The van der Waals surface area contributed by atoms with E-state index in [-0.39, 0.29) is 48.6 Å². The number of phenols is 2. The van der Waals surface area contributed by atoms with Crippen LogP contribution in [0.4, 0.5) is 0 Å². The summed E-state index contributed by atoms with van der Waals surface area (Å²) in [5.74, 6) is -2.48. The summed E-state index contributed by atoms with van der Waals surface area (Å²) in [6, 6.07) is 5.78. The molecule has 226 valence electrons. The molecule has 0 aromatic heterocycles. The summed E-state index contributed by atoms with van der Waals surface area (Å²) in [6.07, 6.45) is 1.12. The molecule has 2 amide bonds. The van der Waals surface area contributed by atoms with Crippen LogP contribution in [0.1, 0.15) is 36.8 Å². The molecule has 12 nitrogen and oxygen atoms in total. The number of carboxylic acids is 1. The Bertz CT molecular complexity index is 1350. The highest BCUT2D eigenvalue weighted by atomic mass is 16.4. The van der Waals surface area contributed by atoms with Gasteiger partial charge in [0.2, 0.25) is 11.8 Å². The molecule has 2 aromatic rings. The fourth-order valence-corrected chi connectivity index (χ4v) is 4.73. The van der Waals surface area contributed by atoms with Gasteiger partial charge >= 0.3 is 5.97 Å². The third-order valence-corrected chi connectivity index (χ3v) is 7.17. The van der Waals surface area contributed by atoms with E-state index in [1.54, 1.807) is 24.3 Å². The van der Waals surface area contributed by atoms with Crippen LogP contribution in [0.3, 0.4) is 0 Å². The van der Waals surface area contributed by atoms with Crippen LogP contribution in [0, 0.1) is 0 Å². The van der Waals surface area contributed by atoms with Crippen molar-refractivity contribution in [3.8, 4) is 22.6 Å². The number of fused-ring (bicyclic) bond motifs is 5. The zero-order valence-electron chi connectivity index (χ0n) is 23.4. The van der Waals surface area contributed by atoms with Gasteiger partial charge < -0.3 is 48.5 Å². The van der Waals surface area contributed by atoms with Crippen LogP contribution in [-0.2, 0) is 27.2 Å². The molecule has 4 atom stereocenters. The van der Waals surface area contributed by atoms with Crippen molar-refractivity contribution in [1.82, 2.24) is 16.0 Å². The summed E-state index contributed by atoms with van der Waals surface area (Å²) < 4.78 is 0. The molecule has 4 bridgehead atoms. The van der Waals surface area contributed by atoms with E-state index in [4.69, 9.17) is 17.2 Å². The topological polar surface area (TPSA) is 226 Å². The number of carbonyl (C=O) groups is 3. The van der Waals surface area contributed by atoms with Gasteiger partial charge in [0.05, 0.1) is 12.1 Å². The number of hydrogen-bond donors (Lipinski definition) is 9. The van der Waals surface area contributed by atoms with E-state index < -0.39 is 42.0 Å². The van der Waals surface area contributed by atoms with Gasteiger partial charge in [-0.15, -0.1) is 0 Å². The first-order chi connectivity index (χ1) is 19.9. The molecule has 12 N–H and O–H groups in total. The van der Waals surface area contributed by atoms with Crippen molar-refractivity contribution in [1.29, 1.82) is 0 Å². The Balaban J connectivity index is 2.07. The third kappa shape index (κ3) is 8.48. The van der Waals surface area contributed by atoms with E-state index in [9.17, 15) is 29.7 Å². The number of allylic oxidation sites excluding steroid dienone is 1. The van der Waals surface area contributed by atoms with Crippen LogP contribution in [0.5, 0.6) is 11.5 Å². The summed E-state index contributed by atoms with van der Waals surface area (Å²) in [6.45, 7) is 7.98. The summed E-state index contributed by atoms with van der Waals surface area (Å²) in [4.78, 5) is 38.6. The minimum atomic E-state index is -1.24. The monoisotopic (exact) mass is 580 g/mol. The van der Waals surface area contributed by atoms with Crippen LogP contribution in [0.15, 0.2) is 61.0 Å². The highest BCUT2D eigenvalue weighted by molar-refractivity contribution is 5.87. The second-order valence-electron chi connectivity index (χ2n) is 10.5. The molecule has 1 aliphatic heterocycles. The molecular weight excluding hydrogens is 540 g/mol. The summed E-state index contributed by atoms with van der Waals surface area (Å²) >= 11 is 0. The fraction of sp³-hybridized carbons (Fsp3) is 0.367. The normalized spacial score (nSPS) is 19.8. The fourth-order valence-electron chi connectivity index (χ4n) is 4.73. The van der Waals surface area contributed by atoms with Gasteiger partial charge in [-0.25, -0.2) is 4.79 Å². The lowest BCUT2D eigenvalue weighted by molar-refractivity contribution is -0.142. The number of benzene rings is 2. The van der Waals surface area contributed by atoms with Crippen LogP contribution < -0.4 is 33.2 Å². The molecule has 0 unspecified atom stereocenters. The number of nitrogens with one attached hydrogen (secondary N) is 3. The van der Waals surface area contributed by atoms with E-state index in [1.807, 2.05) is 0 Å². The molecule has 1 heterocycles. The summed E-state index contributed by atoms with van der Waals surface area (Å²) in [5.41, 5.74) is 20.4. The number of carbonyl (C=O) groups excluding carboxylic acids is 2. The van der Waals surface area contributed by atoms with E-state index in [0.29, 0.717) is 41.6 Å². The van der Waals surface area contributed by atoms with Gasteiger partial charge in [0, 0.05) is 24.2 Å². The Morgan fingerprint density at radius 1 is 1.05 bits per heavy atom. The first-order valence-corrected chi connectivity index (χ1v) is 13.7. The number of amides is 2. The smallest absolute Gasteiger partial charge is 0.326 e. The van der Waals surface area contributed by atoms with Crippen LogP contribution in [-0.4, -0.2) is 63.8 Å². The average Bonchev–Trinajstić information content (AvgIpc) is 2.94. The predicted octanol–water partition coefficient (Wildman–Crippen LogP) is 0.708. The quantitative estimate of drug-likeness (QED) is 0.202. The van der Waals surface area contributed by atoms with Gasteiger partial charge in [0.1, 0.15) is 23.6 Å². The molecule has 0 spiro atoms. The van der Waals surface area contributed by atoms with Crippen molar-refractivity contribution in [2.75, 3.05) is 6.54 Å². The maximum Gasteiger partial charge on any atom is 0.326 e. The molecule has 12 heteroatoms. The molecule has 42 heavy (non-hydrogen) atoms. The van der Waals surface area contributed by atoms with Crippen molar-refractivity contribution in [2.45, 2.75) is 62.7 Å². The average molecular weight is 581 g/mol. The number of nitrogens with two attached hydrogens (primary N) is 3. The number of aromatic hydroxyl groups is 2. The highest BCUT2D eigenvalue weighted by Gasteiger charge is 2.29.